The molecule has 0 saturated carbocycles. The quantitative estimate of drug-likeness (QED) is 0.648. The minimum absolute atomic E-state index is 0.120. The Morgan fingerprint density at radius 2 is 2.00 bits per heavy atom. The highest BCUT2D eigenvalue weighted by molar-refractivity contribution is 6.31. The summed E-state index contributed by atoms with van der Waals surface area (Å²) in [6.45, 7) is 5.06. The van der Waals surface area contributed by atoms with Gasteiger partial charge in [0, 0.05) is 35.4 Å². The zero-order chi connectivity index (χ0) is 21.4. The highest BCUT2D eigenvalue weighted by Gasteiger charge is 2.21. The first kappa shape index (κ1) is 19.7. The van der Waals surface area contributed by atoms with Gasteiger partial charge in [-0.2, -0.15) is 0 Å². The summed E-state index contributed by atoms with van der Waals surface area (Å²) in [7, 11) is 0. The number of carbonyl (C=O) groups excluding carboxylic acids is 1. The molecular weight excluding hydrogens is 416 g/mol. The SMILES string of the molecule is Cc1nc(N2CCOCC2)ccc1Nc1ncc2c(n1)-c1ccc(Cl)cc1NC(=O)C2. The van der Waals surface area contributed by atoms with Gasteiger partial charge in [0.05, 0.1) is 42.4 Å². The van der Waals surface area contributed by atoms with Gasteiger partial charge in [-0.05, 0) is 37.3 Å². The Hall–Kier alpha value is -3.23. The number of anilines is 4. The Balaban J connectivity index is 1.45. The van der Waals surface area contributed by atoms with E-state index in [1.165, 1.54) is 0 Å². The van der Waals surface area contributed by atoms with Gasteiger partial charge in [-0.25, -0.2) is 15.0 Å². The second-order valence-electron chi connectivity index (χ2n) is 7.51. The summed E-state index contributed by atoms with van der Waals surface area (Å²) in [5.74, 6) is 1.26. The summed E-state index contributed by atoms with van der Waals surface area (Å²) in [5.41, 5.74) is 4.61. The lowest BCUT2D eigenvalue weighted by molar-refractivity contribution is -0.115. The Bertz CT molecular complexity index is 1160. The minimum atomic E-state index is -0.120. The van der Waals surface area contributed by atoms with Crippen LogP contribution in [0.4, 0.5) is 23.1 Å². The summed E-state index contributed by atoms with van der Waals surface area (Å²) >= 11 is 6.12. The van der Waals surface area contributed by atoms with E-state index >= 15 is 0 Å². The second kappa shape index (κ2) is 8.13. The van der Waals surface area contributed by atoms with E-state index in [0.29, 0.717) is 35.6 Å². The fourth-order valence-corrected chi connectivity index (χ4v) is 3.96. The van der Waals surface area contributed by atoms with Gasteiger partial charge in [0.2, 0.25) is 11.9 Å². The lowest BCUT2D eigenvalue weighted by atomic mass is 10.1. The van der Waals surface area contributed by atoms with Crippen LogP contribution in [0, 0.1) is 6.92 Å². The number of amides is 1. The van der Waals surface area contributed by atoms with Crippen LogP contribution in [-0.4, -0.2) is 47.2 Å². The molecule has 0 radical (unpaired) electrons. The third-order valence-electron chi connectivity index (χ3n) is 5.38. The molecule has 2 aromatic heterocycles. The van der Waals surface area contributed by atoms with Crippen molar-refractivity contribution in [1.29, 1.82) is 0 Å². The van der Waals surface area contributed by atoms with Gasteiger partial charge in [0.15, 0.2) is 0 Å². The standard InChI is InChI=1S/C22H21ClN6O2/c1-13-17(4-5-19(25-13)29-6-8-31-9-7-29)27-22-24-12-14-10-20(30)26-18-11-15(23)2-3-16(18)21(14)28-22/h2-5,11-12H,6-10H2,1H3,(H,26,30)(H,24,27,28). The van der Waals surface area contributed by atoms with Crippen LogP contribution in [0.1, 0.15) is 11.3 Å². The summed E-state index contributed by atoms with van der Waals surface area (Å²) < 4.78 is 5.42. The van der Waals surface area contributed by atoms with Gasteiger partial charge < -0.3 is 20.3 Å². The van der Waals surface area contributed by atoms with Crippen LogP contribution in [-0.2, 0) is 16.0 Å². The highest BCUT2D eigenvalue weighted by atomic mass is 35.5. The van der Waals surface area contributed by atoms with Crippen molar-refractivity contribution in [2.24, 2.45) is 0 Å². The third-order valence-corrected chi connectivity index (χ3v) is 5.61. The molecule has 2 aliphatic heterocycles. The van der Waals surface area contributed by atoms with Crippen molar-refractivity contribution in [3.05, 3.63) is 52.8 Å². The minimum Gasteiger partial charge on any atom is -0.378 e. The number of aryl methyl sites for hydroxylation is 1. The first-order valence-electron chi connectivity index (χ1n) is 10.1. The van der Waals surface area contributed by atoms with Crippen molar-refractivity contribution in [3.63, 3.8) is 0 Å². The maximum atomic E-state index is 12.3. The van der Waals surface area contributed by atoms with Gasteiger partial charge in [-0.15, -0.1) is 0 Å². The van der Waals surface area contributed by atoms with E-state index in [4.69, 9.17) is 26.3 Å². The normalized spacial score (nSPS) is 15.5. The number of benzene rings is 1. The Morgan fingerprint density at radius 3 is 2.81 bits per heavy atom. The van der Waals surface area contributed by atoms with Crippen LogP contribution in [0.5, 0.6) is 0 Å². The van der Waals surface area contributed by atoms with Gasteiger partial charge in [0.1, 0.15) is 5.82 Å². The van der Waals surface area contributed by atoms with E-state index in [1.807, 2.05) is 25.1 Å². The van der Waals surface area contributed by atoms with E-state index in [2.05, 4.69) is 20.5 Å². The number of rotatable bonds is 3. The first-order valence-corrected chi connectivity index (χ1v) is 10.5. The lowest BCUT2D eigenvalue weighted by Crippen LogP contribution is -2.36. The fourth-order valence-electron chi connectivity index (χ4n) is 3.79. The highest BCUT2D eigenvalue weighted by Crippen LogP contribution is 2.35. The van der Waals surface area contributed by atoms with Crippen LogP contribution in [0.3, 0.4) is 0 Å². The summed E-state index contributed by atoms with van der Waals surface area (Å²) in [5, 5.41) is 6.71. The molecule has 5 rings (SSSR count). The summed E-state index contributed by atoms with van der Waals surface area (Å²) in [4.78, 5) is 28.3. The van der Waals surface area contributed by atoms with Crippen molar-refractivity contribution >= 4 is 40.6 Å². The molecule has 0 bridgehead atoms. The maximum Gasteiger partial charge on any atom is 0.228 e. The molecular formula is C22H21ClN6O2. The summed E-state index contributed by atoms with van der Waals surface area (Å²) in [6.07, 6.45) is 1.90. The number of morpholine rings is 1. The number of carbonyl (C=O) groups is 1. The predicted octanol–water partition coefficient (Wildman–Crippen LogP) is 3.58. The van der Waals surface area contributed by atoms with Gasteiger partial charge in [-0.1, -0.05) is 11.6 Å². The first-order chi connectivity index (χ1) is 15.1. The number of ether oxygens (including phenoxy) is 1. The smallest absolute Gasteiger partial charge is 0.228 e. The topological polar surface area (TPSA) is 92.3 Å². The Morgan fingerprint density at radius 1 is 1.16 bits per heavy atom. The van der Waals surface area contributed by atoms with E-state index < -0.39 is 0 Å². The van der Waals surface area contributed by atoms with Crippen LogP contribution in [0.2, 0.25) is 5.02 Å². The molecule has 1 saturated heterocycles. The number of aromatic nitrogens is 3. The number of pyridine rings is 1. The lowest BCUT2D eigenvalue weighted by Gasteiger charge is -2.28. The largest absolute Gasteiger partial charge is 0.378 e. The van der Waals surface area contributed by atoms with Crippen LogP contribution < -0.4 is 15.5 Å². The second-order valence-corrected chi connectivity index (χ2v) is 7.95. The predicted molar refractivity (Wildman–Crippen MR) is 120 cm³/mol. The Kier molecular flexibility index (Phi) is 5.17. The van der Waals surface area contributed by atoms with Crippen molar-refractivity contribution in [2.45, 2.75) is 13.3 Å². The Labute approximate surface area is 184 Å². The molecule has 8 nitrogen and oxygen atoms in total. The van der Waals surface area contributed by atoms with E-state index in [1.54, 1.807) is 18.3 Å². The number of hydrogen-bond donors (Lipinski definition) is 2. The molecule has 0 atom stereocenters. The maximum absolute atomic E-state index is 12.3. The number of nitrogens with zero attached hydrogens (tertiary/aromatic N) is 4. The number of hydrogen-bond acceptors (Lipinski definition) is 7. The molecule has 1 aromatic carbocycles. The van der Waals surface area contributed by atoms with Gasteiger partial charge in [-0.3, -0.25) is 4.79 Å². The molecule has 31 heavy (non-hydrogen) atoms. The molecule has 4 heterocycles. The van der Waals surface area contributed by atoms with Crippen molar-refractivity contribution in [2.75, 3.05) is 41.8 Å². The van der Waals surface area contributed by atoms with Gasteiger partial charge in [0.25, 0.3) is 0 Å². The van der Waals surface area contributed by atoms with Crippen LogP contribution in [0.15, 0.2) is 36.5 Å². The van der Waals surface area contributed by atoms with Crippen molar-refractivity contribution in [3.8, 4) is 11.3 Å². The zero-order valence-corrected chi connectivity index (χ0v) is 17.7. The van der Waals surface area contributed by atoms with Crippen molar-refractivity contribution < 1.29 is 9.53 Å². The molecule has 0 aliphatic carbocycles. The van der Waals surface area contributed by atoms with Crippen LogP contribution >= 0.6 is 11.6 Å². The van der Waals surface area contributed by atoms with E-state index in [-0.39, 0.29) is 12.3 Å². The van der Waals surface area contributed by atoms with Crippen molar-refractivity contribution in [1.82, 2.24) is 15.0 Å². The molecule has 158 valence electrons. The molecule has 0 spiro atoms. The fraction of sp³-hybridized carbons (Fsp3) is 0.273. The molecule has 0 unspecified atom stereocenters. The molecule has 3 aromatic rings. The molecule has 9 heteroatoms. The molecule has 2 aliphatic rings. The number of halogens is 1. The van der Waals surface area contributed by atoms with E-state index in [0.717, 1.165) is 41.4 Å². The number of fused-ring (bicyclic) bond motifs is 3. The monoisotopic (exact) mass is 436 g/mol. The average molecular weight is 437 g/mol. The van der Waals surface area contributed by atoms with Crippen LogP contribution in [0.25, 0.3) is 11.3 Å². The molecule has 1 fully saturated rings. The molecule has 2 N–H and O–H groups in total. The average Bonchev–Trinajstić information content (AvgIpc) is 2.90. The van der Waals surface area contributed by atoms with Gasteiger partial charge >= 0.3 is 0 Å². The van der Waals surface area contributed by atoms with E-state index in [9.17, 15) is 4.79 Å². The summed E-state index contributed by atoms with van der Waals surface area (Å²) in [6, 6.07) is 9.36. The zero-order valence-electron chi connectivity index (χ0n) is 17.0. The molecule has 1 amide bonds. The third kappa shape index (κ3) is 4.04. The number of nitrogens with one attached hydrogen (secondary N) is 2.